The number of hydrogen-bond donors (Lipinski definition) is 2. The molecule has 1 saturated carbocycles. The van der Waals surface area contributed by atoms with Crippen LogP contribution in [0.15, 0.2) is 36.5 Å². The molecule has 1 aliphatic carbocycles. The second kappa shape index (κ2) is 5.43. The Morgan fingerprint density at radius 1 is 1.27 bits per heavy atom. The van der Waals surface area contributed by atoms with E-state index in [9.17, 15) is 9.90 Å². The van der Waals surface area contributed by atoms with Crippen molar-refractivity contribution < 1.29 is 19.4 Å². The van der Waals surface area contributed by atoms with E-state index in [4.69, 9.17) is 15.2 Å². The number of rotatable bonds is 3. The van der Waals surface area contributed by atoms with Gasteiger partial charge in [0.05, 0.1) is 23.5 Å². The number of aliphatic hydroxyl groups excluding tert-OH is 1. The maximum absolute atomic E-state index is 12.1. The lowest BCUT2D eigenvalue weighted by Crippen LogP contribution is -2.45. The summed E-state index contributed by atoms with van der Waals surface area (Å²) in [7, 11) is 0. The van der Waals surface area contributed by atoms with Crippen LogP contribution < -0.4 is 15.4 Å². The molecule has 1 saturated heterocycles. The van der Waals surface area contributed by atoms with Gasteiger partial charge in [0.1, 0.15) is 18.4 Å². The van der Waals surface area contributed by atoms with Crippen LogP contribution in [-0.2, 0) is 10.3 Å². The Bertz CT molecular complexity index is 879. The highest BCUT2D eigenvalue weighted by molar-refractivity contribution is 5.94. The molecule has 5 rings (SSSR count). The molecular weight excluding hydrogens is 334 g/mol. The Morgan fingerprint density at radius 3 is 2.77 bits per heavy atom. The molecule has 1 aromatic heterocycles. The molecule has 7 heteroatoms. The van der Waals surface area contributed by atoms with Crippen LogP contribution in [0.25, 0.3) is 11.1 Å². The summed E-state index contributed by atoms with van der Waals surface area (Å²) in [6.07, 6.45) is 2.77. The first-order valence-electron chi connectivity index (χ1n) is 8.72. The van der Waals surface area contributed by atoms with Crippen molar-refractivity contribution in [3.8, 4) is 16.9 Å². The molecule has 2 aromatic rings. The number of benzene rings is 1. The van der Waals surface area contributed by atoms with E-state index in [0.29, 0.717) is 18.0 Å². The molecule has 2 fully saturated rings. The fourth-order valence-electron chi connectivity index (χ4n) is 3.62. The highest BCUT2D eigenvalue weighted by atomic mass is 16.6. The van der Waals surface area contributed by atoms with Crippen molar-refractivity contribution in [2.45, 2.75) is 30.5 Å². The first-order valence-corrected chi connectivity index (χ1v) is 8.72. The van der Waals surface area contributed by atoms with Crippen LogP contribution in [-0.4, -0.2) is 41.5 Å². The number of pyridine rings is 1. The number of fused-ring (bicyclic) bond motifs is 3. The number of nitrogens with two attached hydrogens (primary N) is 1. The summed E-state index contributed by atoms with van der Waals surface area (Å²) >= 11 is 0. The molecule has 1 amide bonds. The summed E-state index contributed by atoms with van der Waals surface area (Å²) in [5.41, 5.74) is 9.44. The summed E-state index contributed by atoms with van der Waals surface area (Å²) < 4.78 is 11.1. The van der Waals surface area contributed by atoms with E-state index < -0.39 is 12.2 Å². The number of anilines is 1. The van der Waals surface area contributed by atoms with Gasteiger partial charge in [-0.2, -0.15) is 0 Å². The van der Waals surface area contributed by atoms with Gasteiger partial charge in [0, 0.05) is 11.8 Å². The molecule has 0 radical (unpaired) electrons. The Balaban J connectivity index is 1.46. The van der Waals surface area contributed by atoms with Gasteiger partial charge in [-0.15, -0.1) is 0 Å². The number of aliphatic hydroxyl groups is 1. The number of hydrogen-bond acceptors (Lipinski definition) is 6. The maximum Gasteiger partial charge on any atom is 0.415 e. The Kier molecular flexibility index (Phi) is 3.26. The lowest BCUT2D eigenvalue weighted by atomic mass is 10.0. The number of ether oxygens (including phenoxy) is 2. The summed E-state index contributed by atoms with van der Waals surface area (Å²) in [4.78, 5) is 18.2. The predicted octanol–water partition coefficient (Wildman–Crippen LogP) is 1.77. The van der Waals surface area contributed by atoms with Crippen molar-refractivity contribution in [2.24, 2.45) is 5.73 Å². The van der Waals surface area contributed by atoms with Crippen LogP contribution in [0.3, 0.4) is 0 Å². The second-order valence-corrected chi connectivity index (χ2v) is 7.12. The van der Waals surface area contributed by atoms with Gasteiger partial charge in [0.2, 0.25) is 0 Å². The predicted molar refractivity (Wildman–Crippen MR) is 93.9 cm³/mol. The standard InChI is InChI=1S/C19H19N3O4/c20-19(5-6-19)17-4-2-12(8-21-17)11-1-3-13-15(7-11)25-10-14-16(9-23)26-18(24)22(13)14/h1-4,7-8,14,16,23H,5-6,9-10,20H2/t14-,16-/m0/s1. The third-order valence-corrected chi connectivity index (χ3v) is 5.41. The van der Waals surface area contributed by atoms with E-state index in [1.54, 1.807) is 4.90 Å². The summed E-state index contributed by atoms with van der Waals surface area (Å²) in [5, 5.41) is 9.37. The third kappa shape index (κ3) is 2.28. The first kappa shape index (κ1) is 15.6. The van der Waals surface area contributed by atoms with E-state index in [-0.39, 0.29) is 18.2 Å². The molecule has 0 unspecified atom stereocenters. The van der Waals surface area contributed by atoms with Gasteiger partial charge in [-0.05, 0) is 36.6 Å². The normalized spacial score (nSPS) is 25.2. The second-order valence-electron chi connectivity index (χ2n) is 7.12. The summed E-state index contributed by atoms with van der Waals surface area (Å²) in [6, 6.07) is 9.35. The summed E-state index contributed by atoms with van der Waals surface area (Å²) in [5.74, 6) is 0.621. The van der Waals surface area contributed by atoms with Crippen molar-refractivity contribution in [1.82, 2.24) is 4.98 Å². The number of amides is 1. The molecule has 0 spiro atoms. The minimum atomic E-state index is -0.557. The van der Waals surface area contributed by atoms with Crippen LogP contribution in [0.5, 0.6) is 5.75 Å². The highest BCUT2D eigenvalue weighted by Crippen LogP contribution is 2.43. The SMILES string of the molecule is NC1(c2ccc(-c3ccc4c(c3)OC[C@H]3[C@H](CO)OC(=O)N43)cn2)CC1. The lowest BCUT2D eigenvalue weighted by molar-refractivity contribution is 0.0734. The molecule has 7 nitrogen and oxygen atoms in total. The number of aromatic nitrogens is 1. The molecular formula is C19H19N3O4. The van der Waals surface area contributed by atoms with Crippen molar-refractivity contribution in [1.29, 1.82) is 0 Å². The number of carbonyl (C=O) groups is 1. The molecule has 26 heavy (non-hydrogen) atoms. The topological polar surface area (TPSA) is 97.9 Å². The van der Waals surface area contributed by atoms with Crippen LogP contribution in [0.2, 0.25) is 0 Å². The van der Waals surface area contributed by atoms with Crippen LogP contribution in [0, 0.1) is 0 Å². The zero-order chi connectivity index (χ0) is 17.9. The Hall–Kier alpha value is -2.64. The van der Waals surface area contributed by atoms with Gasteiger partial charge in [-0.3, -0.25) is 9.88 Å². The monoisotopic (exact) mass is 353 g/mol. The molecule has 0 bridgehead atoms. The average molecular weight is 353 g/mol. The van der Waals surface area contributed by atoms with Crippen molar-refractivity contribution in [3.05, 3.63) is 42.2 Å². The maximum atomic E-state index is 12.1. The van der Waals surface area contributed by atoms with Crippen molar-refractivity contribution in [2.75, 3.05) is 18.1 Å². The molecule has 3 heterocycles. The van der Waals surface area contributed by atoms with E-state index in [0.717, 1.165) is 29.7 Å². The van der Waals surface area contributed by atoms with Crippen LogP contribution >= 0.6 is 0 Å². The third-order valence-electron chi connectivity index (χ3n) is 5.41. The van der Waals surface area contributed by atoms with Gasteiger partial charge < -0.3 is 20.3 Å². The number of nitrogens with zero attached hydrogens (tertiary/aromatic N) is 2. The Labute approximate surface area is 150 Å². The van der Waals surface area contributed by atoms with E-state index in [1.807, 2.05) is 36.5 Å². The number of cyclic esters (lactones) is 1. The minimum Gasteiger partial charge on any atom is -0.489 e. The van der Waals surface area contributed by atoms with Gasteiger partial charge >= 0.3 is 6.09 Å². The molecule has 134 valence electrons. The summed E-state index contributed by atoms with van der Waals surface area (Å²) in [6.45, 7) is 0.0740. The molecule has 2 aliphatic heterocycles. The van der Waals surface area contributed by atoms with Gasteiger partial charge in [-0.1, -0.05) is 12.1 Å². The average Bonchev–Trinajstić information content (AvgIpc) is 3.34. The van der Waals surface area contributed by atoms with E-state index >= 15 is 0 Å². The van der Waals surface area contributed by atoms with E-state index in [1.165, 1.54) is 0 Å². The molecule has 2 atom stereocenters. The Morgan fingerprint density at radius 2 is 2.08 bits per heavy atom. The lowest BCUT2D eigenvalue weighted by Gasteiger charge is -2.31. The fraction of sp³-hybridized carbons (Fsp3) is 0.368. The molecule has 1 aromatic carbocycles. The van der Waals surface area contributed by atoms with E-state index in [2.05, 4.69) is 4.98 Å². The van der Waals surface area contributed by atoms with Gasteiger partial charge in [0.25, 0.3) is 0 Å². The quantitative estimate of drug-likeness (QED) is 0.873. The van der Waals surface area contributed by atoms with Crippen molar-refractivity contribution >= 4 is 11.8 Å². The minimum absolute atomic E-state index is 0.218. The number of carbonyl (C=O) groups excluding carboxylic acids is 1. The molecule has 3 aliphatic rings. The van der Waals surface area contributed by atoms with Crippen LogP contribution in [0.1, 0.15) is 18.5 Å². The highest BCUT2D eigenvalue weighted by Gasteiger charge is 2.46. The first-order chi connectivity index (χ1) is 12.6. The van der Waals surface area contributed by atoms with Crippen molar-refractivity contribution in [3.63, 3.8) is 0 Å². The van der Waals surface area contributed by atoms with Gasteiger partial charge in [0.15, 0.2) is 6.10 Å². The smallest absolute Gasteiger partial charge is 0.415 e. The zero-order valence-corrected chi connectivity index (χ0v) is 14.1. The van der Waals surface area contributed by atoms with Crippen LogP contribution in [0.4, 0.5) is 10.5 Å². The fourth-order valence-corrected chi connectivity index (χ4v) is 3.62. The largest absolute Gasteiger partial charge is 0.489 e. The van der Waals surface area contributed by atoms with Gasteiger partial charge in [-0.25, -0.2) is 4.79 Å². The molecule has 3 N–H and O–H groups in total. The zero-order valence-electron chi connectivity index (χ0n) is 14.1.